The molecule has 0 radical (unpaired) electrons. The zero-order valence-electron chi connectivity index (χ0n) is 13.6. The van der Waals surface area contributed by atoms with E-state index < -0.39 is 17.8 Å². The van der Waals surface area contributed by atoms with Crippen LogP contribution in [0.15, 0.2) is 61.2 Å². The molecule has 0 spiro atoms. The van der Waals surface area contributed by atoms with Gasteiger partial charge >= 0.3 is 6.16 Å². The molecule has 1 aromatic heterocycles. The van der Waals surface area contributed by atoms with Crippen molar-refractivity contribution in [1.29, 1.82) is 0 Å². The first-order chi connectivity index (χ1) is 12.9. The number of hydrogen-bond donors (Lipinski definition) is 0. The molecule has 3 rings (SSSR count). The Labute approximate surface area is 175 Å². The number of aromatic nitrogens is 2. The Morgan fingerprint density at radius 3 is 2.37 bits per heavy atom. The second kappa shape index (κ2) is 8.85. The van der Waals surface area contributed by atoms with Crippen LogP contribution in [0, 0.1) is 0 Å². The van der Waals surface area contributed by atoms with E-state index in [0.29, 0.717) is 15.6 Å². The molecule has 0 fully saturated rings. The molecular formula is C18H12Cl4N2O3. The first-order valence-corrected chi connectivity index (χ1v) is 9.21. The molecule has 2 aromatic carbocycles. The third-order valence-electron chi connectivity index (χ3n) is 3.57. The molecule has 9 heteroatoms. The fourth-order valence-corrected chi connectivity index (χ4v) is 3.17. The maximum atomic E-state index is 12.3. The summed E-state index contributed by atoms with van der Waals surface area (Å²) in [6.07, 6.45) is 2.92. The van der Waals surface area contributed by atoms with Crippen LogP contribution in [0.4, 0.5) is 4.79 Å². The van der Waals surface area contributed by atoms with Crippen molar-refractivity contribution in [2.24, 2.45) is 0 Å². The van der Waals surface area contributed by atoms with Crippen LogP contribution in [0.5, 0.6) is 5.75 Å². The van der Waals surface area contributed by atoms with Crippen molar-refractivity contribution in [2.45, 2.75) is 11.6 Å². The fourth-order valence-electron chi connectivity index (χ4n) is 2.28. The standard InChI is InChI=1S/C18H12Cl4N2O3/c19-12-3-1-11(2-4-12)16(17(22)24-8-7-23-10-24)27-18(25)26-15-6-5-13(20)9-14(15)21/h1-10,16-17H. The minimum atomic E-state index is -0.968. The fraction of sp³-hybridized carbons (Fsp3) is 0.111. The smallest absolute Gasteiger partial charge is 0.422 e. The van der Waals surface area contributed by atoms with Gasteiger partial charge < -0.3 is 14.0 Å². The Kier molecular flexibility index (Phi) is 6.50. The van der Waals surface area contributed by atoms with Gasteiger partial charge in [-0.05, 0) is 35.9 Å². The highest BCUT2D eigenvalue weighted by atomic mass is 35.5. The zero-order valence-corrected chi connectivity index (χ0v) is 16.6. The lowest BCUT2D eigenvalue weighted by molar-refractivity contribution is 0.0470. The van der Waals surface area contributed by atoms with Gasteiger partial charge in [0.25, 0.3) is 0 Å². The van der Waals surface area contributed by atoms with Crippen molar-refractivity contribution in [3.8, 4) is 5.75 Å². The molecule has 140 valence electrons. The van der Waals surface area contributed by atoms with Crippen LogP contribution in [0.25, 0.3) is 0 Å². The van der Waals surface area contributed by atoms with Crippen LogP contribution >= 0.6 is 46.4 Å². The quantitative estimate of drug-likeness (QED) is 0.254. The Hall–Kier alpha value is -1.92. The number of rotatable bonds is 5. The highest BCUT2D eigenvalue weighted by Gasteiger charge is 2.28. The average Bonchev–Trinajstić information content (AvgIpc) is 3.17. The molecule has 27 heavy (non-hydrogen) atoms. The Morgan fingerprint density at radius 1 is 1.04 bits per heavy atom. The predicted molar refractivity (Wildman–Crippen MR) is 105 cm³/mol. The van der Waals surface area contributed by atoms with E-state index in [0.717, 1.165) is 0 Å². The van der Waals surface area contributed by atoms with Gasteiger partial charge in [-0.2, -0.15) is 0 Å². The minimum Gasteiger partial charge on any atom is -0.422 e. The van der Waals surface area contributed by atoms with Gasteiger partial charge in [-0.1, -0.05) is 58.5 Å². The number of alkyl halides is 1. The number of benzene rings is 2. The van der Waals surface area contributed by atoms with Crippen LogP contribution in [0.1, 0.15) is 17.2 Å². The summed E-state index contributed by atoms with van der Waals surface area (Å²) in [5.41, 5.74) is -0.130. The van der Waals surface area contributed by atoms with E-state index in [-0.39, 0.29) is 10.8 Å². The van der Waals surface area contributed by atoms with Crippen LogP contribution in [-0.4, -0.2) is 15.7 Å². The molecule has 2 unspecified atom stereocenters. The maximum absolute atomic E-state index is 12.3. The van der Waals surface area contributed by atoms with Crippen molar-refractivity contribution in [1.82, 2.24) is 9.55 Å². The van der Waals surface area contributed by atoms with Crippen LogP contribution in [0.3, 0.4) is 0 Å². The number of hydrogen-bond acceptors (Lipinski definition) is 4. The molecule has 0 aliphatic carbocycles. The Bertz CT molecular complexity index is 917. The van der Waals surface area contributed by atoms with E-state index in [2.05, 4.69) is 4.98 Å². The molecule has 0 saturated heterocycles. The molecular weight excluding hydrogens is 434 g/mol. The summed E-state index contributed by atoms with van der Waals surface area (Å²) in [5.74, 6) is 0.120. The van der Waals surface area contributed by atoms with E-state index in [1.165, 1.54) is 18.5 Å². The molecule has 0 bridgehead atoms. The van der Waals surface area contributed by atoms with Gasteiger partial charge in [0, 0.05) is 22.4 Å². The van der Waals surface area contributed by atoms with Crippen LogP contribution in [-0.2, 0) is 4.74 Å². The topological polar surface area (TPSA) is 53.4 Å². The number of carbonyl (C=O) groups is 1. The van der Waals surface area contributed by atoms with E-state index >= 15 is 0 Å². The third-order valence-corrected chi connectivity index (χ3v) is 4.81. The Balaban J connectivity index is 1.82. The second-order valence-corrected chi connectivity index (χ2v) is 7.13. The summed E-state index contributed by atoms with van der Waals surface area (Å²) in [4.78, 5) is 16.3. The van der Waals surface area contributed by atoms with Gasteiger partial charge in [0.2, 0.25) is 0 Å². The van der Waals surface area contributed by atoms with Crippen molar-refractivity contribution in [2.75, 3.05) is 0 Å². The van der Waals surface area contributed by atoms with E-state index in [1.807, 2.05) is 0 Å². The zero-order chi connectivity index (χ0) is 19.4. The Morgan fingerprint density at radius 2 is 1.74 bits per heavy atom. The number of nitrogens with zero attached hydrogens (tertiary/aromatic N) is 2. The van der Waals surface area contributed by atoms with Gasteiger partial charge in [-0.25, -0.2) is 9.78 Å². The monoisotopic (exact) mass is 444 g/mol. The normalized spacial score (nSPS) is 13.0. The maximum Gasteiger partial charge on any atom is 0.514 e. The molecule has 0 saturated carbocycles. The van der Waals surface area contributed by atoms with Crippen LogP contribution < -0.4 is 4.74 Å². The van der Waals surface area contributed by atoms with E-state index in [1.54, 1.807) is 47.3 Å². The van der Waals surface area contributed by atoms with Gasteiger partial charge in [0.15, 0.2) is 17.4 Å². The molecule has 5 nitrogen and oxygen atoms in total. The minimum absolute atomic E-state index is 0.120. The lowest BCUT2D eigenvalue weighted by Gasteiger charge is -2.23. The van der Waals surface area contributed by atoms with Crippen molar-refractivity contribution >= 4 is 52.6 Å². The number of imidazole rings is 1. The molecule has 0 amide bonds. The van der Waals surface area contributed by atoms with Gasteiger partial charge in [0.1, 0.15) is 0 Å². The molecule has 0 N–H and O–H groups in total. The van der Waals surface area contributed by atoms with Crippen molar-refractivity contribution in [3.05, 3.63) is 81.8 Å². The molecule has 3 aromatic rings. The van der Waals surface area contributed by atoms with Crippen molar-refractivity contribution < 1.29 is 14.3 Å². The summed E-state index contributed by atoms with van der Waals surface area (Å²) in [6.45, 7) is 0. The summed E-state index contributed by atoms with van der Waals surface area (Å²) in [7, 11) is 0. The third kappa shape index (κ3) is 5.08. The van der Waals surface area contributed by atoms with E-state index in [4.69, 9.17) is 55.9 Å². The summed E-state index contributed by atoms with van der Waals surface area (Å²) in [5, 5.41) is 1.14. The number of carbonyl (C=O) groups excluding carboxylic acids is 1. The SMILES string of the molecule is O=C(Oc1ccc(Cl)cc1Cl)OC(c1ccc(Cl)cc1)C(Cl)n1ccnc1. The summed E-state index contributed by atoms with van der Waals surface area (Å²) >= 11 is 24.3. The molecule has 0 aliphatic heterocycles. The lowest BCUT2D eigenvalue weighted by atomic mass is 10.1. The van der Waals surface area contributed by atoms with Gasteiger partial charge in [0.05, 0.1) is 11.3 Å². The summed E-state index contributed by atoms with van der Waals surface area (Å²) < 4.78 is 12.3. The largest absolute Gasteiger partial charge is 0.514 e. The van der Waals surface area contributed by atoms with Gasteiger partial charge in [-0.15, -0.1) is 0 Å². The molecule has 1 heterocycles. The first-order valence-electron chi connectivity index (χ1n) is 7.64. The molecule has 0 aliphatic rings. The average molecular weight is 446 g/mol. The highest BCUT2D eigenvalue weighted by molar-refractivity contribution is 6.35. The number of halogens is 4. The van der Waals surface area contributed by atoms with E-state index in [9.17, 15) is 4.79 Å². The van der Waals surface area contributed by atoms with Gasteiger partial charge in [-0.3, -0.25) is 0 Å². The lowest BCUT2D eigenvalue weighted by Crippen LogP contribution is -2.21. The predicted octanol–water partition coefficient (Wildman–Crippen LogP) is 6.54. The first kappa shape index (κ1) is 19.8. The summed E-state index contributed by atoms with van der Waals surface area (Å²) in [6, 6.07) is 11.2. The highest BCUT2D eigenvalue weighted by Crippen LogP contribution is 2.35. The number of ether oxygens (including phenoxy) is 2. The molecule has 2 atom stereocenters. The van der Waals surface area contributed by atoms with Crippen LogP contribution in [0.2, 0.25) is 15.1 Å². The second-order valence-electron chi connectivity index (χ2n) is 5.40. The van der Waals surface area contributed by atoms with Crippen molar-refractivity contribution in [3.63, 3.8) is 0 Å².